The van der Waals surface area contributed by atoms with Crippen molar-refractivity contribution in [2.75, 3.05) is 18.6 Å². The van der Waals surface area contributed by atoms with Crippen LogP contribution in [-0.2, 0) is 24.7 Å². The van der Waals surface area contributed by atoms with Crippen LogP contribution in [0, 0.1) is 13.8 Å². The smallest absolute Gasteiger partial charge is 0.242 e. The average molecular weight is 413 g/mol. The Morgan fingerprint density at radius 2 is 2.10 bits per heavy atom. The third-order valence-corrected chi connectivity index (χ3v) is 6.00. The molecule has 0 aliphatic carbocycles. The summed E-state index contributed by atoms with van der Waals surface area (Å²) in [6.45, 7) is 4.79. The number of carbonyl (C=O) groups is 1. The minimum atomic E-state index is 0.130. The second kappa shape index (κ2) is 7.67. The van der Waals surface area contributed by atoms with Gasteiger partial charge in [0.25, 0.3) is 0 Å². The molecule has 7 heteroatoms. The van der Waals surface area contributed by atoms with Gasteiger partial charge >= 0.3 is 0 Å². The number of aryl methyl sites for hydroxylation is 4. The quantitative estimate of drug-likeness (QED) is 0.645. The van der Waals surface area contributed by atoms with E-state index in [-0.39, 0.29) is 5.91 Å². The molecule has 1 aromatic carbocycles. The predicted molar refractivity (Wildman–Crippen MR) is 115 cm³/mol. The number of benzene rings is 1. The Morgan fingerprint density at radius 3 is 2.86 bits per heavy atom. The first-order valence-electron chi connectivity index (χ1n) is 9.86. The third kappa shape index (κ3) is 3.46. The molecule has 3 heterocycles. The van der Waals surface area contributed by atoms with Gasteiger partial charge in [0.2, 0.25) is 11.8 Å². The van der Waals surface area contributed by atoms with E-state index in [9.17, 15) is 4.79 Å². The predicted octanol–water partition coefficient (Wildman–Crippen LogP) is 4.16. The van der Waals surface area contributed by atoms with Crippen LogP contribution in [0.25, 0.3) is 11.0 Å². The molecule has 0 atom stereocenters. The highest BCUT2D eigenvalue weighted by Gasteiger charge is 2.24. The number of hydrogen-bond acceptors (Lipinski definition) is 4. The van der Waals surface area contributed by atoms with Crippen LogP contribution in [0.15, 0.2) is 18.2 Å². The van der Waals surface area contributed by atoms with Crippen molar-refractivity contribution in [1.29, 1.82) is 0 Å². The van der Waals surface area contributed by atoms with Crippen LogP contribution in [0.3, 0.4) is 0 Å². The van der Waals surface area contributed by atoms with Gasteiger partial charge < -0.3 is 9.64 Å². The molecule has 2 aromatic heterocycles. The SMILES string of the molecule is COc1nn(C)c2nc(C)c(CCC(=O)N3CCCc4cc(Cl)ccc43)c(C)c12. The molecule has 0 bridgehead atoms. The monoisotopic (exact) mass is 412 g/mol. The van der Waals surface area contributed by atoms with Gasteiger partial charge in [-0.2, -0.15) is 0 Å². The molecule has 1 amide bonds. The van der Waals surface area contributed by atoms with Crippen LogP contribution in [0.5, 0.6) is 5.88 Å². The summed E-state index contributed by atoms with van der Waals surface area (Å²) in [7, 11) is 3.48. The first-order chi connectivity index (χ1) is 13.9. The first-order valence-corrected chi connectivity index (χ1v) is 10.2. The summed E-state index contributed by atoms with van der Waals surface area (Å²) >= 11 is 6.13. The maximum Gasteiger partial charge on any atom is 0.242 e. The molecule has 29 heavy (non-hydrogen) atoms. The Kier molecular flexibility index (Phi) is 5.21. The highest BCUT2D eigenvalue weighted by molar-refractivity contribution is 6.30. The summed E-state index contributed by atoms with van der Waals surface area (Å²) in [4.78, 5) is 19.7. The number of carbonyl (C=O) groups excluding carboxylic acids is 1. The zero-order valence-electron chi connectivity index (χ0n) is 17.3. The van der Waals surface area contributed by atoms with Gasteiger partial charge in [-0.25, -0.2) is 9.67 Å². The molecule has 6 nitrogen and oxygen atoms in total. The number of methoxy groups -OCH3 is 1. The minimum absolute atomic E-state index is 0.130. The van der Waals surface area contributed by atoms with Gasteiger partial charge in [0.1, 0.15) is 0 Å². The fourth-order valence-electron chi connectivity index (χ4n) is 4.30. The molecule has 1 aliphatic rings. The lowest BCUT2D eigenvalue weighted by Gasteiger charge is -2.30. The Bertz CT molecular complexity index is 1110. The van der Waals surface area contributed by atoms with E-state index in [4.69, 9.17) is 21.3 Å². The van der Waals surface area contributed by atoms with Gasteiger partial charge in [0.15, 0.2) is 5.65 Å². The lowest BCUT2D eigenvalue weighted by Crippen LogP contribution is -2.35. The Balaban J connectivity index is 1.60. The number of hydrogen-bond donors (Lipinski definition) is 0. The van der Waals surface area contributed by atoms with E-state index >= 15 is 0 Å². The molecular formula is C22H25ClN4O2. The number of amides is 1. The maximum absolute atomic E-state index is 13.1. The van der Waals surface area contributed by atoms with Crippen LogP contribution in [-0.4, -0.2) is 34.3 Å². The van der Waals surface area contributed by atoms with E-state index in [1.165, 1.54) is 0 Å². The van der Waals surface area contributed by atoms with E-state index < -0.39 is 0 Å². The summed E-state index contributed by atoms with van der Waals surface area (Å²) < 4.78 is 7.17. The van der Waals surface area contributed by atoms with Crippen LogP contribution in [0.2, 0.25) is 5.02 Å². The topological polar surface area (TPSA) is 60.2 Å². The molecule has 4 rings (SSSR count). The minimum Gasteiger partial charge on any atom is -0.479 e. The van der Waals surface area contributed by atoms with Crippen molar-refractivity contribution in [3.63, 3.8) is 0 Å². The number of aromatic nitrogens is 3. The van der Waals surface area contributed by atoms with Gasteiger partial charge in [0.05, 0.1) is 12.5 Å². The fraction of sp³-hybridized carbons (Fsp3) is 0.409. The van der Waals surface area contributed by atoms with Gasteiger partial charge in [-0.3, -0.25) is 4.79 Å². The molecule has 0 saturated carbocycles. The van der Waals surface area contributed by atoms with Crippen molar-refractivity contribution in [1.82, 2.24) is 14.8 Å². The van der Waals surface area contributed by atoms with Crippen molar-refractivity contribution in [3.8, 4) is 5.88 Å². The molecule has 0 spiro atoms. The molecule has 152 valence electrons. The molecule has 3 aromatic rings. The molecular weight excluding hydrogens is 388 g/mol. The standard InChI is InChI=1S/C22H25ClN4O2/c1-13-17(14(2)24-21-20(13)22(29-4)25-26(21)3)8-10-19(28)27-11-5-6-15-12-16(23)7-9-18(15)27/h7,9,12H,5-6,8,10-11H2,1-4H3. The average Bonchev–Trinajstić information content (AvgIpc) is 3.02. The number of rotatable bonds is 4. The molecule has 0 N–H and O–H groups in total. The zero-order chi connectivity index (χ0) is 20.7. The van der Waals surface area contributed by atoms with E-state index in [2.05, 4.69) is 12.0 Å². The van der Waals surface area contributed by atoms with Crippen molar-refractivity contribution >= 4 is 34.2 Å². The Morgan fingerprint density at radius 1 is 1.31 bits per heavy atom. The van der Waals surface area contributed by atoms with Gasteiger partial charge in [-0.05, 0) is 68.0 Å². The summed E-state index contributed by atoms with van der Waals surface area (Å²) in [5.74, 6) is 0.701. The number of pyridine rings is 1. The number of halogens is 1. The van der Waals surface area contributed by atoms with Crippen molar-refractivity contribution < 1.29 is 9.53 Å². The first kappa shape index (κ1) is 19.7. The van der Waals surface area contributed by atoms with Crippen molar-refractivity contribution in [2.24, 2.45) is 7.05 Å². The highest BCUT2D eigenvalue weighted by Crippen LogP contribution is 2.32. The normalized spacial score (nSPS) is 13.6. The molecule has 0 fully saturated rings. The Labute approximate surface area is 175 Å². The summed E-state index contributed by atoms with van der Waals surface area (Å²) in [6, 6.07) is 5.78. The largest absolute Gasteiger partial charge is 0.479 e. The third-order valence-electron chi connectivity index (χ3n) is 5.77. The molecule has 0 saturated heterocycles. The number of ether oxygens (including phenoxy) is 1. The highest BCUT2D eigenvalue weighted by atomic mass is 35.5. The summed E-state index contributed by atoms with van der Waals surface area (Å²) in [6.07, 6.45) is 2.98. The van der Waals surface area contributed by atoms with E-state index in [0.29, 0.717) is 23.7 Å². The second-order valence-electron chi connectivity index (χ2n) is 7.55. The zero-order valence-corrected chi connectivity index (χ0v) is 18.0. The summed E-state index contributed by atoms with van der Waals surface area (Å²) in [5, 5.41) is 6.03. The number of anilines is 1. The maximum atomic E-state index is 13.1. The Hall–Kier alpha value is -2.60. The van der Waals surface area contributed by atoms with Gasteiger partial charge in [0, 0.05) is 36.4 Å². The second-order valence-corrected chi connectivity index (χ2v) is 7.99. The van der Waals surface area contributed by atoms with Crippen LogP contribution in [0.1, 0.15) is 35.2 Å². The molecule has 1 aliphatic heterocycles. The lowest BCUT2D eigenvalue weighted by molar-refractivity contribution is -0.118. The van der Waals surface area contributed by atoms with E-state index in [1.54, 1.807) is 11.8 Å². The molecule has 0 radical (unpaired) electrons. The van der Waals surface area contributed by atoms with E-state index in [1.807, 2.05) is 37.1 Å². The van der Waals surface area contributed by atoms with Gasteiger partial charge in [-0.15, -0.1) is 5.10 Å². The molecule has 0 unspecified atom stereocenters. The lowest BCUT2D eigenvalue weighted by atomic mass is 9.98. The number of fused-ring (bicyclic) bond motifs is 2. The van der Waals surface area contributed by atoms with Crippen molar-refractivity contribution in [2.45, 2.75) is 39.5 Å². The summed E-state index contributed by atoms with van der Waals surface area (Å²) in [5.41, 5.74) is 6.03. The fourth-order valence-corrected chi connectivity index (χ4v) is 4.49. The van der Waals surface area contributed by atoms with Crippen LogP contribution in [0.4, 0.5) is 5.69 Å². The van der Waals surface area contributed by atoms with E-state index in [0.717, 1.165) is 58.5 Å². The van der Waals surface area contributed by atoms with Crippen molar-refractivity contribution in [3.05, 3.63) is 45.6 Å². The van der Waals surface area contributed by atoms with Crippen LogP contribution >= 0.6 is 11.6 Å². The van der Waals surface area contributed by atoms with Crippen LogP contribution < -0.4 is 9.64 Å². The number of nitrogens with zero attached hydrogens (tertiary/aromatic N) is 4. The van der Waals surface area contributed by atoms with Gasteiger partial charge in [-0.1, -0.05) is 11.6 Å².